The van der Waals surface area contributed by atoms with Crippen molar-refractivity contribution in [1.29, 1.82) is 0 Å². The summed E-state index contributed by atoms with van der Waals surface area (Å²) in [5, 5.41) is 2.68. The molecule has 0 saturated carbocycles. The van der Waals surface area contributed by atoms with Crippen molar-refractivity contribution in [3.8, 4) is 0 Å². The van der Waals surface area contributed by atoms with Gasteiger partial charge >= 0.3 is 5.97 Å². The molecule has 174 valence electrons. The largest absolute Gasteiger partial charge is 0.469 e. The predicted molar refractivity (Wildman–Crippen MR) is 136 cm³/mol. The summed E-state index contributed by atoms with van der Waals surface area (Å²) in [7, 11) is 1.35. The van der Waals surface area contributed by atoms with Gasteiger partial charge in [0.15, 0.2) is 0 Å². The van der Waals surface area contributed by atoms with E-state index in [2.05, 4.69) is 78.4 Å². The van der Waals surface area contributed by atoms with Crippen molar-refractivity contribution >= 4 is 22.5 Å². The van der Waals surface area contributed by atoms with E-state index in [9.17, 15) is 9.59 Å². The van der Waals surface area contributed by atoms with Crippen molar-refractivity contribution in [2.75, 3.05) is 7.11 Å². The van der Waals surface area contributed by atoms with Gasteiger partial charge in [-0.2, -0.15) is 0 Å². The standard InChI is InChI=1S/C30H36O3/c1-22(26-15-9-13-24-12-7-8-14-27(24)26)10-5-6-11-23-16-18-25(19-17-23)30(2,3)28(31)20-21-29(32)33-4/h7-9,12-19,22H,5-6,10-11,20-21H2,1-4H3/t22-/m0/s1. The van der Waals surface area contributed by atoms with E-state index < -0.39 is 5.41 Å². The first-order valence-corrected chi connectivity index (χ1v) is 12.0. The second-order valence-corrected chi connectivity index (χ2v) is 9.54. The Morgan fingerprint density at radius 3 is 2.30 bits per heavy atom. The van der Waals surface area contributed by atoms with Gasteiger partial charge in [0.1, 0.15) is 5.78 Å². The van der Waals surface area contributed by atoms with Crippen LogP contribution in [0.3, 0.4) is 0 Å². The summed E-state index contributed by atoms with van der Waals surface area (Å²) in [6.45, 7) is 6.18. The first kappa shape index (κ1) is 24.7. The van der Waals surface area contributed by atoms with Crippen LogP contribution in [-0.2, 0) is 26.2 Å². The molecule has 0 spiro atoms. The van der Waals surface area contributed by atoms with Crippen molar-refractivity contribution in [2.45, 2.75) is 70.6 Å². The second kappa shape index (κ2) is 11.3. The summed E-state index contributed by atoms with van der Waals surface area (Å²) in [6.07, 6.45) is 4.89. The number of carbonyl (C=O) groups excluding carboxylic acids is 2. The van der Waals surface area contributed by atoms with Crippen LogP contribution in [0.25, 0.3) is 10.8 Å². The number of benzene rings is 3. The maximum atomic E-state index is 12.6. The van der Waals surface area contributed by atoms with Crippen molar-refractivity contribution in [1.82, 2.24) is 0 Å². The molecule has 0 heterocycles. The van der Waals surface area contributed by atoms with Crippen LogP contribution < -0.4 is 0 Å². The summed E-state index contributed by atoms with van der Waals surface area (Å²) in [5.74, 6) is 0.252. The van der Waals surface area contributed by atoms with E-state index in [-0.39, 0.29) is 24.6 Å². The van der Waals surface area contributed by atoms with Gasteiger partial charge < -0.3 is 4.74 Å². The topological polar surface area (TPSA) is 43.4 Å². The lowest BCUT2D eigenvalue weighted by atomic mass is 9.78. The number of carbonyl (C=O) groups is 2. The lowest BCUT2D eigenvalue weighted by Crippen LogP contribution is -2.29. The summed E-state index contributed by atoms with van der Waals surface area (Å²) in [6, 6.07) is 23.6. The van der Waals surface area contributed by atoms with Crippen LogP contribution in [-0.4, -0.2) is 18.9 Å². The molecule has 3 heteroatoms. The predicted octanol–water partition coefficient (Wildman–Crippen LogP) is 7.16. The third-order valence-corrected chi connectivity index (χ3v) is 6.86. The van der Waals surface area contributed by atoms with E-state index in [1.807, 2.05) is 13.8 Å². The van der Waals surface area contributed by atoms with E-state index in [0.29, 0.717) is 5.92 Å². The molecule has 0 radical (unpaired) electrons. The van der Waals surface area contributed by atoms with Gasteiger partial charge in [-0.3, -0.25) is 9.59 Å². The summed E-state index contributed by atoms with van der Waals surface area (Å²) in [5.41, 5.74) is 3.12. The molecule has 0 aliphatic heterocycles. The number of ether oxygens (including phenoxy) is 1. The van der Waals surface area contributed by atoms with Crippen LogP contribution in [0, 0.1) is 0 Å². The average molecular weight is 445 g/mol. The van der Waals surface area contributed by atoms with Gasteiger partial charge in [0.2, 0.25) is 0 Å². The number of rotatable bonds is 11. The van der Waals surface area contributed by atoms with E-state index in [1.54, 1.807) is 0 Å². The maximum Gasteiger partial charge on any atom is 0.305 e. The molecule has 0 aliphatic carbocycles. The van der Waals surface area contributed by atoms with Crippen LogP contribution in [0.1, 0.15) is 75.5 Å². The summed E-state index contributed by atoms with van der Waals surface area (Å²) in [4.78, 5) is 24.0. The third-order valence-electron chi connectivity index (χ3n) is 6.86. The highest BCUT2D eigenvalue weighted by Gasteiger charge is 2.29. The molecular weight excluding hydrogens is 408 g/mol. The Labute approximate surface area is 198 Å². The summed E-state index contributed by atoms with van der Waals surface area (Å²) < 4.78 is 4.65. The molecule has 33 heavy (non-hydrogen) atoms. The van der Waals surface area contributed by atoms with Crippen LogP contribution in [0.2, 0.25) is 0 Å². The SMILES string of the molecule is COC(=O)CCC(=O)C(C)(C)c1ccc(CCCC[C@H](C)c2cccc3ccccc23)cc1. The van der Waals surface area contributed by atoms with E-state index in [0.717, 1.165) is 18.4 Å². The van der Waals surface area contributed by atoms with E-state index in [4.69, 9.17) is 0 Å². The Bertz CT molecular complexity index is 1070. The van der Waals surface area contributed by atoms with Crippen molar-refractivity contribution in [3.63, 3.8) is 0 Å². The zero-order valence-corrected chi connectivity index (χ0v) is 20.4. The van der Waals surface area contributed by atoms with Crippen molar-refractivity contribution < 1.29 is 14.3 Å². The van der Waals surface area contributed by atoms with Crippen LogP contribution in [0.5, 0.6) is 0 Å². The van der Waals surface area contributed by atoms with Gasteiger partial charge in [0.05, 0.1) is 13.5 Å². The molecule has 0 unspecified atom stereocenters. The molecule has 0 aromatic heterocycles. The van der Waals surface area contributed by atoms with Crippen molar-refractivity contribution in [2.24, 2.45) is 0 Å². The quantitative estimate of drug-likeness (QED) is 0.233. The number of unbranched alkanes of at least 4 members (excludes halogenated alkanes) is 1. The van der Waals surface area contributed by atoms with Gasteiger partial charge in [-0.05, 0) is 66.5 Å². The first-order valence-electron chi connectivity index (χ1n) is 12.0. The zero-order valence-electron chi connectivity index (χ0n) is 20.4. The number of aryl methyl sites for hydroxylation is 1. The van der Waals surface area contributed by atoms with Gasteiger partial charge in [-0.15, -0.1) is 0 Å². The van der Waals surface area contributed by atoms with Crippen LogP contribution in [0.4, 0.5) is 0 Å². The Morgan fingerprint density at radius 2 is 1.58 bits per heavy atom. The number of fused-ring (bicyclic) bond motifs is 1. The minimum Gasteiger partial charge on any atom is -0.469 e. The lowest BCUT2D eigenvalue weighted by molar-refractivity contribution is -0.142. The smallest absolute Gasteiger partial charge is 0.305 e. The minimum absolute atomic E-state index is 0.0584. The second-order valence-electron chi connectivity index (χ2n) is 9.54. The van der Waals surface area contributed by atoms with Crippen molar-refractivity contribution in [3.05, 3.63) is 83.4 Å². The fourth-order valence-corrected chi connectivity index (χ4v) is 4.49. The molecule has 0 saturated heterocycles. The molecule has 3 aromatic rings. The van der Waals surface area contributed by atoms with E-state index in [1.165, 1.54) is 41.9 Å². The molecule has 3 nitrogen and oxygen atoms in total. The Kier molecular flexibility index (Phi) is 8.43. The molecule has 0 N–H and O–H groups in total. The molecule has 0 fully saturated rings. The highest BCUT2D eigenvalue weighted by atomic mass is 16.5. The van der Waals surface area contributed by atoms with Gasteiger partial charge in [-0.1, -0.05) is 80.1 Å². The average Bonchev–Trinajstić information content (AvgIpc) is 2.84. The molecule has 3 aromatic carbocycles. The Hall–Kier alpha value is -2.94. The number of ketones is 1. The van der Waals surface area contributed by atoms with Gasteiger partial charge in [0, 0.05) is 11.8 Å². The normalized spacial score (nSPS) is 12.5. The number of esters is 1. The van der Waals surface area contributed by atoms with Gasteiger partial charge in [0.25, 0.3) is 0 Å². The fraction of sp³-hybridized carbons (Fsp3) is 0.400. The van der Waals surface area contributed by atoms with Crippen LogP contribution in [0.15, 0.2) is 66.7 Å². The zero-order chi connectivity index (χ0) is 23.8. The number of hydrogen-bond acceptors (Lipinski definition) is 3. The highest BCUT2D eigenvalue weighted by Crippen LogP contribution is 2.30. The lowest BCUT2D eigenvalue weighted by Gasteiger charge is -2.24. The Morgan fingerprint density at radius 1 is 0.879 bits per heavy atom. The number of hydrogen-bond donors (Lipinski definition) is 0. The van der Waals surface area contributed by atoms with Crippen LogP contribution >= 0.6 is 0 Å². The minimum atomic E-state index is -0.611. The van der Waals surface area contributed by atoms with E-state index >= 15 is 0 Å². The molecule has 0 amide bonds. The number of Topliss-reactive ketones (excluding diaryl/α,β-unsaturated/α-hetero) is 1. The molecule has 1 atom stereocenters. The number of methoxy groups -OCH3 is 1. The molecule has 3 rings (SSSR count). The fourth-order valence-electron chi connectivity index (χ4n) is 4.49. The molecule has 0 aliphatic rings. The first-order chi connectivity index (χ1) is 15.8. The highest BCUT2D eigenvalue weighted by molar-refractivity contribution is 5.91. The molecular formula is C30H36O3. The third kappa shape index (κ3) is 6.31. The monoisotopic (exact) mass is 444 g/mol. The molecule has 0 bridgehead atoms. The Balaban J connectivity index is 1.50. The maximum absolute atomic E-state index is 12.6. The van der Waals surface area contributed by atoms with Gasteiger partial charge in [-0.25, -0.2) is 0 Å². The summed E-state index contributed by atoms with van der Waals surface area (Å²) >= 11 is 0.